The van der Waals surface area contributed by atoms with Gasteiger partial charge in [-0.05, 0) is 25.0 Å². The molecule has 2 N–H and O–H groups in total. The van der Waals surface area contributed by atoms with E-state index < -0.39 is 5.97 Å². The maximum Gasteiger partial charge on any atom is 0.306 e. The van der Waals surface area contributed by atoms with Crippen molar-refractivity contribution in [3.63, 3.8) is 0 Å². The van der Waals surface area contributed by atoms with Crippen molar-refractivity contribution >= 4 is 11.7 Å². The van der Waals surface area contributed by atoms with Crippen LogP contribution in [0, 0.1) is 5.92 Å². The van der Waals surface area contributed by atoms with E-state index in [1.54, 1.807) is 18.2 Å². The van der Waals surface area contributed by atoms with Crippen LogP contribution in [0.4, 0.5) is 5.69 Å². The average Bonchev–Trinajstić information content (AvgIpc) is 2.29. The summed E-state index contributed by atoms with van der Waals surface area (Å²) in [4.78, 5) is 12.9. The minimum Gasteiger partial charge on any atom is -0.508 e. The van der Waals surface area contributed by atoms with E-state index >= 15 is 0 Å². The van der Waals surface area contributed by atoms with Crippen LogP contribution in [0.25, 0.3) is 0 Å². The van der Waals surface area contributed by atoms with Crippen molar-refractivity contribution < 1.29 is 15.0 Å². The topological polar surface area (TPSA) is 60.8 Å². The maximum atomic E-state index is 10.8. The van der Waals surface area contributed by atoms with Crippen molar-refractivity contribution in [2.75, 3.05) is 18.0 Å². The molecule has 1 aromatic carbocycles. The van der Waals surface area contributed by atoms with Crippen molar-refractivity contribution in [1.82, 2.24) is 0 Å². The molecule has 0 aliphatic carbocycles. The number of aromatic hydroxyl groups is 1. The summed E-state index contributed by atoms with van der Waals surface area (Å²) in [5, 5.41) is 18.2. The highest BCUT2D eigenvalue weighted by Crippen LogP contribution is 2.25. The standard InChI is InChI=1S/C12H15NO3/c14-11-3-1-2-10(8-11)13-6-4-9(5-7-13)12(15)16/h1-3,8-9,14H,4-7H2,(H,15,16). The molecule has 0 spiro atoms. The lowest BCUT2D eigenvalue weighted by Crippen LogP contribution is -2.36. The van der Waals surface area contributed by atoms with Crippen molar-refractivity contribution in [1.29, 1.82) is 0 Å². The molecule has 16 heavy (non-hydrogen) atoms. The van der Waals surface area contributed by atoms with Crippen LogP contribution < -0.4 is 4.90 Å². The van der Waals surface area contributed by atoms with Gasteiger partial charge in [0.05, 0.1) is 5.92 Å². The van der Waals surface area contributed by atoms with Gasteiger partial charge in [-0.1, -0.05) is 6.07 Å². The van der Waals surface area contributed by atoms with Crippen molar-refractivity contribution in [2.45, 2.75) is 12.8 Å². The molecular weight excluding hydrogens is 206 g/mol. The number of hydrogen-bond acceptors (Lipinski definition) is 3. The molecule has 0 atom stereocenters. The van der Waals surface area contributed by atoms with Gasteiger partial charge in [-0.25, -0.2) is 0 Å². The Morgan fingerprint density at radius 2 is 2.00 bits per heavy atom. The summed E-state index contributed by atoms with van der Waals surface area (Å²) < 4.78 is 0. The van der Waals surface area contributed by atoms with Gasteiger partial charge in [0.1, 0.15) is 5.75 Å². The summed E-state index contributed by atoms with van der Waals surface area (Å²) in [7, 11) is 0. The predicted octanol–water partition coefficient (Wildman–Crippen LogP) is 1.69. The van der Waals surface area contributed by atoms with Crippen LogP contribution in [-0.2, 0) is 4.79 Å². The lowest BCUT2D eigenvalue weighted by Gasteiger charge is -2.31. The van der Waals surface area contributed by atoms with E-state index in [4.69, 9.17) is 5.11 Å². The summed E-state index contributed by atoms with van der Waals surface area (Å²) in [5.41, 5.74) is 0.962. The molecule has 0 unspecified atom stereocenters. The monoisotopic (exact) mass is 221 g/mol. The highest BCUT2D eigenvalue weighted by Gasteiger charge is 2.24. The number of carboxylic acids is 1. The normalized spacial score (nSPS) is 17.4. The number of carbonyl (C=O) groups is 1. The summed E-state index contributed by atoms with van der Waals surface area (Å²) in [6, 6.07) is 7.07. The predicted molar refractivity (Wildman–Crippen MR) is 60.7 cm³/mol. The smallest absolute Gasteiger partial charge is 0.306 e. The maximum absolute atomic E-state index is 10.8. The van der Waals surface area contributed by atoms with Gasteiger partial charge in [0.15, 0.2) is 0 Å². The number of aliphatic carboxylic acids is 1. The molecule has 1 aliphatic heterocycles. The summed E-state index contributed by atoms with van der Waals surface area (Å²) in [6.45, 7) is 1.47. The van der Waals surface area contributed by atoms with E-state index in [1.807, 2.05) is 6.07 Å². The molecule has 1 aliphatic rings. The number of phenolic OH excluding ortho intramolecular Hbond substituents is 1. The molecule has 0 aromatic heterocycles. The Kier molecular flexibility index (Phi) is 2.99. The number of benzene rings is 1. The molecule has 4 heteroatoms. The van der Waals surface area contributed by atoms with Crippen LogP contribution in [0.15, 0.2) is 24.3 Å². The van der Waals surface area contributed by atoms with Gasteiger partial charge in [0, 0.05) is 24.8 Å². The van der Waals surface area contributed by atoms with Crippen LogP contribution in [-0.4, -0.2) is 29.3 Å². The third-order valence-corrected chi connectivity index (χ3v) is 3.04. The van der Waals surface area contributed by atoms with Gasteiger partial charge in [0.2, 0.25) is 0 Å². The lowest BCUT2D eigenvalue weighted by molar-refractivity contribution is -0.142. The highest BCUT2D eigenvalue weighted by molar-refractivity contribution is 5.70. The number of carboxylic acid groups (broad SMARTS) is 1. The molecule has 1 fully saturated rings. The number of piperidine rings is 1. The quantitative estimate of drug-likeness (QED) is 0.797. The molecule has 0 saturated carbocycles. The zero-order valence-electron chi connectivity index (χ0n) is 8.97. The first-order valence-electron chi connectivity index (χ1n) is 5.43. The molecule has 86 valence electrons. The Hall–Kier alpha value is -1.71. The zero-order valence-corrected chi connectivity index (χ0v) is 8.97. The van der Waals surface area contributed by atoms with Crippen LogP contribution in [0.5, 0.6) is 5.75 Å². The second-order valence-electron chi connectivity index (χ2n) is 4.12. The van der Waals surface area contributed by atoms with Crippen LogP contribution in [0.3, 0.4) is 0 Å². The average molecular weight is 221 g/mol. The van der Waals surface area contributed by atoms with Crippen molar-refractivity contribution in [3.8, 4) is 5.75 Å². The Morgan fingerprint density at radius 1 is 1.31 bits per heavy atom. The van der Waals surface area contributed by atoms with Gasteiger partial charge < -0.3 is 15.1 Å². The fourth-order valence-electron chi connectivity index (χ4n) is 2.07. The van der Waals surface area contributed by atoms with Gasteiger partial charge in [0.25, 0.3) is 0 Å². The van der Waals surface area contributed by atoms with Gasteiger partial charge in [-0.3, -0.25) is 4.79 Å². The minimum absolute atomic E-state index is 0.214. The molecule has 0 radical (unpaired) electrons. The molecule has 2 rings (SSSR count). The van der Waals surface area contributed by atoms with E-state index in [0.29, 0.717) is 12.8 Å². The van der Waals surface area contributed by atoms with Gasteiger partial charge in [-0.15, -0.1) is 0 Å². The number of rotatable bonds is 2. The zero-order chi connectivity index (χ0) is 11.5. The number of hydrogen-bond donors (Lipinski definition) is 2. The molecule has 0 amide bonds. The molecular formula is C12H15NO3. The van der Waals surface area contributed by atoms with Crippen LogP contribution in [0.1, 0.15) is 12.8 Å². The SMILES string of the molecule is O=C(O)C1CCN(c2cccc(O)c2)CC1. The first kappa shape index (κ1) is 10.8. The summed E-state index contributed by atoms with van der Waals surface area (Å²) in [5.74, 6) is -0.665. The minimum atomic E-state index is -0.699. The third-order valence-electron chi connectivity index (χ3n) is 3.04. The van der Waals surface area contributed by atoms with Gasteiger partial charge >= 0.3 is 5.97 Å². The number of nitrogens with zero attached hydrogens (tertiary/aromatic N) is 1. The van der Waals surface area contributed by atoms with Gasteiger partial charge in [-0.2, -0.15) is 0 Å². The van der Waals surface area contributed by atoms with E-state index in [2.05, 4.69) is 4.90 Å². The molecule has 4 nitrogen and oxygen atoms in total. The third kappa shape index (κ3) is 2.27. The summed E-state index contributed by atoms with van der Waals surface area (Å²) in [6.07, 6.45) is 1.34. The van der Waals surface area contributed by atoms with Crippen LogP contribution in [0.2, 0.25) is 0 Å². The van der Waals surface area contributed by atoms with E-state index in [9.17, 15) is 9.90 Å². The largest absolute Gasteiger partial charge is 0.508 e. The Balaban J connectivity index is 2.01. The van der Waals surface area contributed by atoms with Crippen molar-refractivity contribution in [2.24, 2.45) is 5.92 Å². The second-order valence-corrected chi connectivity index (χ2v) is 4.12. The lowest BCUT2D eigenvalue weighted by atomic mass is 9.97. The second kappa shape index (κ2) is 4.43. The Bertz CT molecular complexity index is 384. The molecule has 1 heterocycles. The fraction of sp³-hybridized carbons (Fsp3) is 0.417. The highest BCUT2D eigenvalue weighted by atomic mass is 16.4. The number of anilines is 1. The molecule has 0 bridgehead atoms. The summed E-state index contributed by atoms with van der Waals surface area (Å²) >= 11 is 0. The first-order valence-corrected chi connectivity index (χ1v) is 5.43. The van der Waals surface area contributed by atoms with E-state index in [-0.39, 0.29) is 11.7 Å². The van der Waals surface area contributed by atoms with Crippen molar-refractivity contribution in [3.05, 3.63) is 24.3 Å². The van der Waals surface area contributed by atoms with Crippen LogP contribution >= 0.6 is 0 Å². The number of phenols is 1. The first-order chi connectivity index (χ1) is 7.66. The molecule has 1 aromatic rings. The van der Waals surface area contributed by atoms with E-state index in [0.717, 1.165) is 18.8 Å². The molecule has 1 saturated heterocycles. The Labute approximate surface area is 94.1 Å². The Morgan fingerprint density at radius 3 is 2.56 bits per heavy atom. The van der Waals surface area contributed by atoms with E-state index in [1.165, 1.54) is 0 Å². The fourth-order valence-corrected chi connectivity index (χ4v) is 2.07.